The van der Waals surface area contributed by atoms with E-state index in [4.69, 9.17) is 0 Å². The van der Waals surface area contributed by atoms with Gasteiger partial charge in [0, 0.05) is 12.0 Å². The first-order chi connectivity index (χ1) is 10.8. The van der Waals surface area contributed by atoms with Crippen LogP contribution in [0.25, 0.3) is 0 Å². The standard InChI is InChI=1S/C17H24F3NO3/c1-15(2,16(3,4)23)10-21-14(22)9-12-6-5-7-13(8-12)24-11-17(18,19)20/h5-8,23H,9-11H2,1-4H3,(H,21,22). The minimum Gasteiger partial charge on any atom is -0.484 e. The number of halogens is 3. The fourth-order valence-electron chi connectivity index (χ4n) is 1.69. The van der Waals surface area contributed by atoms with E-state index in [1.807, 2.05) is 13.8 Å². The van der Waals surface area contributed by atoms with Gasteiger partial charge in [0.15, 0.2) is 6.61 Å². The van der Waals surface area contributed by atoms with Gasteiger partial charge in [-0.05, 0) is 31.5 Å². The Kier molecular flexibility index (Phi) is 6.27. The van der Waals surface area contributed by atoms with E-state index >= 15 is 0 Å². The molecule has 1 aromatic carbocycles. The van der Waals surface area contributed by atoms with Crippen LogP contribution in [-0.4, -0.2) is 35.9 Å². The second-order valence-electron chi connectivity index (χ2n) is 6.95. The molecule has 7 heteroatoms. The van der Waals surface area contributed by atoms with Gasteiger partial charge in [-0.25, -0.2) is 0 Å². The molecule has 1 aromatic rings. The summed E-state index contributed by atoms with van der Waals surface area (Å²) in [6, 6.07) is 5.99. The van der Waals surface area contributed by atoms with Crippen LogP contribution in [0.5, 0.6) is 5.75 Å². The summed E-state index contributed by atoms with van der Waals surface area (Å²) in [6.45, 7) is 5.90. The van der Waals surface area contributed by atoms with Crippen LogP contribution in [0.4, 0.5) is 13.2 Å². The number of alkyl halides is 3. The maximum atomic E-state index is 12.2. The molecule has 0 radical (unpaired) electrons. The van der Waals surface area contributed by atoms with Crippen LogP contribution in [0, 0.1) is 5.41 Å². The predicted molar refractivity (Wildman–Crippen MR) is 84.8 cm³/mol. The molecule has 0 unspecified atom stereocenters. The summed E-state index contributed by atoms with van der Waals surface area (Å²) < 4.78 is 41.1. The Labute approximate surface area is 140 Å². The Balaban J connectivity index is 2.59. The van der Waals surface area contributed by atoms with Gasteiger partial charge in [0.1, 0.15) is 5.75 Å². The van der Waals surface area contributed by atoms with Crippen LogP contribution in [-0.2, 0) is 11.2 Å². The summed E-state index contributed by atoms with van der Waals surface area (Å²) in [5, 5.41) is 12.8. The SMILES string of the molecule is CC(C)(O)C(C)(C)CNC(=O)Cc1cccc(OCC(F)(F)F)c1. The molecule has 0 bridgehead atoms. The number of hydrogen-bond acceptors (Lipinski definition) is 3. The highest BCUT2D eigenvalue weighted by Gasteiger charge is 2.35. The Bertz CT molecular complexity index is 563. The highest BCUT2D eigenvalue weighted by molar-refractivity contribution is 5.78. The average molecular weight is 347 g/mol. The molecule has 0 saturated heterocycles. The topological polar surface area (TPSA) is 58.6 Å². The molecule has 1 amide bonds. The number of amides is 1. The smallest absolute Gasteiger partial charge is 0.422 e. The summed E-state index contributed by atoms with van der Waals surface area (Å²) >= 11 is 0. The molecule has 0 aliphatic heterocycles. The minimum absolute atomic E-state index is 0.0190. The van der Waals surface area contributed by atoms with Crippen molar-refractivity contribution in [1.29, 1.82) is 0 Å². The van der Waals surface area contributed by atoms with Gasteiger partial charge < -0.3 is 15.2 Å². The van der Waals surface area contributed by atoms with Crippen molar-refractivity contribution in [2.24, 2.45) is 5.41 Å². The van der Waals surface area contributed by atoms with Crippen molar-refractivity contribution in [3.63, 3.8) is 0 Å². The number of benzene rings is 1. The second kappa shape index (κ2) is 7.42. The van der Waals surface area contributed by atoms with Gasteiger partial charge in [-0.3, -0.25) is 4.79 Å². The maximum absolute atomic E-state index is 12.2. The van der Waals surface area contributed by atoms with E-state index in [-0.39, 0.29) is 24.6 Å². The third-order valence-electron chi connectivity index (χ3n) is 4.05. The molecule has 0 fully saturated rings. The first-order valence-electron chi connectivity index (χ1n) is 7.58. The Morgan fingerprint density at radius 3 is 2.38 bits per heavy atom. The number of hydrogen-bond donors (Lipinski definition) is 2. The third-order valence-corrected chi connectivity index (χ3v) is 4.05. The van der Waals surface area contributed by atoms with Gasteiger partial charge in [0.2, 0.25) is 5.91 Å². The predicted octanol–water partition coefficient (Wildman–Crippen LogP) is 3.08. The summed E-state index contributed by atoms with van der Waals surface area (Å²) in [4.78, 5) is 12.0. The summed E-state index contributed by atoms with van der Waals surface area (Å²) in [5.41, 5.74) is -0.945. The van der Waals surface area contributed by atoms with Crippen molar-refractivity contribution in [2.75, 3.05) is 13.2 Å². The van der Waals surface area contributed by atoms with E-state index in [9.17, 15) is 23.1 Å². The highest BCUT2D eigenvalue weighted by atomic mass is 19.4. The van der Waals surface area contributed by atoms with Gasteiger partial charge in [0.25, 0.3) is 0 Å². The molecular formula is C17H24F3NO3. The lowest BCUT2D eigenvalue weighted by molar-refractivity contribution is -0.153. The van der Waals surface area contributed by atoms with Crippen LogP contribution in [0.15, 0.2) is 24.3 Å². The van der Waals surface area contributed by atoms with E-state index in [2.05, 4.69) is 10.1 Å². The largest absolute Gasteiger partial charge is 0.484 e. The van der Waals surface area contributed by atoms with Gasteiger partial charge in [0.05, 0.1) is 12.0 Å². The molecule has 0 spiro atoms. The van der Waals surface area contributed by atoms with Crippen LogP contribution in [0.1, 0.15) is 33.3 Å². The number of ether oxygens (including phenoxy) is 1. The van der Waals surface area contributed by atoms with Crippen LogP contribution >= 0.6 is 0 Å². The number of nitrogens with one attached hydrogen (secondary N) is 1. The fourth-order valence-corrected chi connectivity index (χ4v) is 1.69. The first-order valence-corrected chi connectivity index (χ1v) is 7.58. The van der Waals surface area contributed by atoms with Gasteiger partial charge in [-0.1, -0.05) is 26.0 Å². The quantitative estimate of drug-likeness (QED) is 0.797. The second-order valence-corrected chi connectivity index (χ2v) is 6.95. The van der Waals surface area contributed by atoms with Crippen LogP contribution < -0.4 is 10.1 Å². The Morgan fingerprint density at radius 1 is 1.21 bits per heavy atom. The molecule has 0 aliphatic rings. The van der Waals surface area contributed by atoms with Crippen molar-refractivity contribution in [2.45, 2.75) is 45.9 Å². The zero-order valence-electron chi connectivity index (χ0n) is 14.3. The molecule has 0 heterocycles. The summed E-state index contributed by atoms with van der Waals surface area (Å²) in [5.74, 6) is -0.213. The fraction of sp³-hybridized carbons (Fsp3) is 0.588. The van der Waals surface area contributed by atoms with Crippen molar-refractivity contribution in [3.8, 4) is 5.75 Å². The Hall–Kier alpha value is -1.76. The zero-order chi connectivity index (χ0) is 18.6. The van der Waals surface area contributed by atoms with E-state index in [0.717, 1.165) is 0 Å². The minimum atomic E-state index is -4.41. The molecule has 136 valence electrons. The van der Waals surface area contributed by atoms with Crippen LogP contribution in [0.3, 0.4) is 0 Å². The Morgan fingerprint density at radius 2 is 1.83 bits per heavy atom. The van der Waals surface area contributed by atoms with E-state index in [1.54, 1.807) is 19.9 Å². The third kappa shape index (κ3) is 6.78. The molecule has 1 rings (SSSR count). The maximum Gasteiger partial charge on any atom is 0.422 e. The van der Waals surface area contributed by atoms with E-state index in [0.29, 0.717) is 5.56 Å². The van der Waals surface area contributed by atoms with E-state index in [1.165, 1.54) is 18.2 Å². The number of rotatable bonds is 7. The highest BCUT2D eigenvalue weighted by Crippen LogP contribution is 2.29. The zero-order valence-corrected chi connectivity index (χ0v) is 14.3. The lowest BCUT2D eigenvalue weighted by Gasteiger charge is -2.37. The molecule has 24 heavy (non-hydrogen) atoms. The summed E-state index contributed by atoms with van der Waals surface area (Å²) in [6.07, 6.45) is -4.39. The van der Waals surface area contributed by atoms with Crippen LogP contribution in [0.2, 0.25) is 0 Å². The van der Waals surface area contributed by atoms with Gasteiger partial charge in [-0.15, -0.1) is 0 Å². The van der Waals surface area contributed by atoms with Gasteiger partial charge >= 0.3 is 6.18 Å². The van der Waals surface area contributed by atoms with Crippen molar-refractivity contribution in [1.82, 2.24) is 5.32 Å². The number of carbonyl (C=O) groups is 1. The van der Waals surface area contributed by atoms with Crippen molar-refractivity contribution < 1.29 is 27.8 Å². The van der Waals surface area contributed by atoms with Crippen molar-refractivity contribution >= 4 is 5.91 Å². The monoisotopic (exact) mass is 347 g/mol. The lowest BCUT2D eigenvalue weighted by Crippen LogP contribution is -2.47. The number of aliphatic hydroxyl groups is 1. The first kappa shape index (κ1) is 20.3. The molecule has 4 nitrogen and oxygen atoms in total. The molecule has 2 N–H and O–H groups in total. The normalized spacial score (nSPS) is 12.8. The molecule has 0 aliphatic carbocycles. The average Bonchev–Trinajstić information content (AvgIpc) is 2.41. The molecular weight excluding hydrogens is 323 g/mol. The lowest BCUT2D eigenvalue weighted by atomic mass is 9.77. The summed E-state index contributed by atoms with van der Waals surface area (Å²) in [7, 11) is 0. The molecule has 0 atom stereocenters. The van der Waals surface area contributed by atoms with Gasteiger partial charge in [-0.2, -0.15) is 13.2 Å². The molecule has 0 aromatic heterocycles. The van der Waals surface area contributed by atoms with E-state index < -0.39 is 23.8 Å². The van der Waals surface area contributed by atoms with Crippen molar-refractivity contribution in [3.05, 3.63) is 29.8 Å². The molecule has 0 saturated carbocycles. The number of carbonyl (C=O) groups excluding carboxylic acids is 1.